The molecule has 1 saturated heterocycles. The first kappa shape index (κ1) is 41.2. The Kier molecular flexibility index (Phi) is 11.5. The number of pyridine rings is 1. The van der Waals surface area contributed by atoms with E-state index in [0.29, 0.717) is 44.6 Å². The van der Waals surface area contributed by atoms with E-state index in [9.17, 15) is 22.8 Å². The van der Waals surface area contributed by atoms with Gasteiger partial charge in [0.25, 0.3) is 0 Å². The first-order valence-electron chi connectivity index (χ1n) is 21.0. The van der Waals surface area contributed by atoms with Gasteiger partial charge >= 0.3 is 0 Å². The monoisotopic (exact) mass is 804 g/mol. The van der Waals surface area contributed by atoms with Crippen molar-refractivity contribution in [1.29, 1.82) is 0 Å². The summed E-state index contributed by atoms with van der Waals surface area (Å²) in [7, 11) is -1.82. The van der Waals surface area contributed by atoms with Gasteiger partial charge in [0.05, 0.1) is 35.5 Å². The van der Waals surface area contributed by atoms with E-state index in [-0.39, 0.29) is 66.4 Å². The minimum Gasteiger partial charge on any atom is -0.489 e. The number of carbonyl (C=O) groups excluding carboxylic acids is 4. The number of rotatable bonds is 9. The highest BCUT2D eigenvalue weighted by Gasteiger charge is 2.61. The lowest BCUT2D eigenvalue weighted by Crippen LogP contribution is -2.47. The van der Waals surface area contributed by atoms with Crippen LogP contribution < -0.4 is 19.1 Å². The minimum atomic E-state index is -3.85. The molecule has 0 radical (unpaired) electrons. The summed E-state index contributed by atoms with van der Waals surface area (Å²) in [6.45, 7) is 11.7. The van der Waals surface area contributed by atoms with Gasteiger partial charge in [-0.15, -0.1) is 0 Å². The van der Waals surface area contributed by atoms with Crippen molar-refractivity contribution in [1.82, 2.24) is 14.6 Å². The van der Waals surface area contributed by atoms with Gasteiger partial charge in [-0.25, -0.2) is 13.4 Å². The highest BCUT2D eigenvalue weighted by molar-refractivity contribution is 7.90. The van der Waals surface area contributed by atoms with E-state index in [1.165, 1.54) is 0 Å². The number of aromatic nitrogens is 1. The highest BCUT2D eigenvalue weighted by atomic mass is 32.2. The third kappa shape index (κ3) is 8.88. The van der Waals surface area contributed by atoms with Crippen molar-refractivity contribution in [3.8, 4) is 11.6 Å². The smallest absolute Gasteiger partial charge is 0.240 e. The third-order valence-corrected chi connectivity index (χ3v) is 14.7. The van der Waals surface area contributed by atoms with Crippen molar-refractivity contribution < 1.29 is 37.1 Å². The predicted molar refractivity (Wildman–Crippen MR) is 218 cm³/mol. The molecule has 2 saturated carbocycles. The Hall–Kier alpha value is -4.00. The molecule has 5 aliphatic rings. The Balaban J connectivity index is 1.24. The average Bonchev–Trinajstić information content (AvgIpc) is 4.07. The number of anilines is 1. The fraction of sp³-hybridized carbons (Fsp3) is 0.659. The number of likely N-dealkylation sites (N-methyl/N-ethyl adjacent to an activating group) is 1. The molecule has 3 aliphatic heterocycles. The topological polar surface area (TPSA) is 152 Å². The number of ketones is 2. The van der Waals surface area contributed by atoms with E-state index in [1.54, 1.807) is 11.1 Å². The molecule has 2 aliphatic carbocycles. The number of fused-ring (bicyclic) bond motifs is 5. The molecule has 1 aromatic heterocycles. The van der Waals surface area contributed by atoms with Crippen molar-refractivity contribution in [2.24, 2.45) is 34.5 Å². The molecule has 12 nitrogen and oxygen atoms in total. The van der Waals surface area contributed by atoms with Gasteiger partial charge in [-0.2, -0.15) is 0 Å². The van der Waals surface area contributed by atoms with Crippen molar-refractivity contribution in [3.63, 3.8) is 0 Å². The lowest BCUT2D eigenvalue weighted by molar-refractivity contribution is -0.145. The zero-order valence-corrected chi connectivity index (χ0v) is 35.2. The molecule has 0 bridgehead atoms. The SMILES string of the molecule is CC[C@@H]1C[C@@H](C)CC/C=C\[C@@H]2C[C@@]2(C(=O)NS(=O)(=O)C2CC2)CC(=O)[C@@H]2C[C@@H](Oc3nccc4c5c(ccc34)N(C)CCO5)CN2C(=O)[C@H]1CC(=O)CC(C)(C)C. The normalized spacial score (nSPS) is 30.3. The Morgan fingerprint density at radius 2 is 1.86 bits per heavy atom. The number of ether oxygens (including phenoxy) is 2. The molecule has 310 valence electrons. The molecule has 1 N–H and O–H groups in total. The fourth-order valence-electron chi connectivity index (χ4n) is 9.45. The number of nitrogens with zero attached hydrogens (tertiary/aromatic N) is 3. The number of hydrogen-bond donors (Lipinski definition) is 1. The van der Waals surface area contributed by atoms with E-state index >= 15 is 4.79 Å². The average molecular weight is 805 g/mol. The molecular weight excluding hydrogens is 745 g/mol. The van der Waals surface area contributed by atoms with Crippen LogP contribution in [0.4, 0.5) is 5.69 Å². The van der Waals surface area contributed by atoms with Crippen LogP contribution in [0.15, 0.2) is 36.5 Å². The van der Waals surface area contributed by atoms with E-state index in [0.717, 1.165) is 48.0 Å². The molecule has 7 atom stereocenters. The molecule has 2 amide bonds. The number of nitrogens with one attached hydrogen (secondary N) is 1. The summed E-state index contributed by atoms with van der Waals surface area (Å²) < 4.78 is 41.0. The zero-order chi connectivity index (χ0) is 40.9. The molecule has 7 rings (SSSR count). The Bertz CT molecular complexity index is 2040. The molecule has 2 aromatic rings. The largest absolute Gasteiger partial charge is 0.489 e. The lowest BCUT2D eigenvalue weighted by Gasteiger charge is -2.33. The van der Waals surface area contributed by atoms with Gasteiger partial charge in [0, 0.05) is 55.6 Å². The molecule has 57 heavy (non-hydrogen) atoms. The number of Topliss-reactive ketones (excluding diaryl/α,β-unsaturated/α-hetero) is 2. The summed E-state index contributed by atoms with van der Waals surface area (Å²) in [6, 6.07) is 4.90. The van der Waals surface area contributed by atoms with E-state index in [2.05, 4.69) is 34.5 Å². The Labute approximate surface area is 337 Å². The number of carbonyl (C=O) groups is 4. The second-order valence-corrected chi connectivity index (χ2v) is 20.7. The summed E-state index contributed by atoms with van der Waals surface area (Å²) >= 11 is 0. The van der Waals surface area contributed by atoms with Gasteiger partial charge in [0.15, 0.2) is 11.5 Å². The van der Waals surface area contributed by atoms with Crippen LogP contribution in [0.5, 0.6) is 11.6 Å². The van der Waals surface area contributed by atoms with Crippen LogP contribution in [0.1, 0.15) is 105 Å². The van der Waals surface area contributed by atoms with Crippen molar-refractivity contribution in [2.75, 3.05) is 31.6 Å². The molecule has 0 unspecified atom stereocenters. The summed E-state index contributed by atoms with van der Waals surface area (Å²) in [5, 5.41) is 1.01. The van der Waals surface area contributed by atoms with Crippen LogP contribution in [-0.2, 0) is 29.2 Å². The van der Waals surface area contributed by atoms with Crippen LogP contribution in [0.3, 0.4) is 0 Å². The van der Waals surface area contributed by atoms with Gasteiger partial charge in [0.1, 0.15) is 18.5 Å². The van der Waals surface area contributed by atoms with Gasteiger partial charge < -0.3 is 19.3 Å². The standard InChI is InChI=1S/C44H60N4O8S/c1-7-28-20-27(2)10-8-9-11-29-23-44(29,42(52)46-57(53,54)32-12-13-32)25-38(50)37-22-31(26-48(37)41(51)35(28)21-30(49)24-43(3,4)5)56-40-34-14-15-36-39(33(34)16-17-45-40)55-19-18-47(36)6/h9,11,14-17,27-29,31-32,35,37H,7-8,10,12-13,18-26H2,1-6H3,(H,46,52)/b11-9-/t27-,28+,29+,31+,35-,37-,44+/m0/s1. The number of benzene rings is 1. The van der Waals surface area contributed by atoms with E-state index in [1.807, 2.05) is 52.1 Å². The highest BCUT2D eigenvalue weighted by Crippen LogP contribution is 2.57. The predicted octanol–water partition coefficient (Wildman–Crippen LogP) is 6.40. The number of sulfonamides is 1. The number of amides is 2. The second-order valence-electron chi connectivity index (χ2n) is 18.8. The maximum Gasteiger partial charge on any atom is 0.240 e. The van der Waals surface area contributed by atoms with Crippen molar-refractivity contribution >= 4 is 49.9 Å². The summed E-state index contributed by atoms with van der Waals surface area (Å²) in [4.78, 5) is 65.9. The van der Waals surface area contributed by atoms with Crippen LogP contribution in [0.25, 0.3) is 10.8 Å². The van der Waals surface area contributed by atoms with Crippen LogP contribution in [-0.4, -0.2) is 85.8 Å². The molecule has 1 aromatic carbocycles. The molecule has 4 heterocycles. The van der Waals surface area contributed by atoms with Crippen LogP contribution in [0.2, 0.25) is 0 Å². The number of allylic oxidation sites excluding steroid dienone is 2. The summed E-state index contributed by atoms with van der Waals surface area (Å²) in [6.07, 6.45) is 9.89. The zero-order valence-electron chi connectivity index (χ0n) is 34.4. The lowest BCUT2D eigenvalue weighted by atomic mass is 9.77. The van der Waals surface area contributed by atoms with Gasteiger partial charge in [0.2, 0.25) is 27.7 Å². The Morgan fingerprint density at radius 3 is 2.58 bits per heavy atom. The molecule has 13 heteroatoms. The Morgan fingerprint density at radius 1 is 1.09 bits per heavy atom. The van der Waals surface area contributed by atoms with Crippen molar-refractivity contribution in [2.45, 2.75) is 123 Å². The first-order valence-corrected chi connectivity index (χ1v) is 22.5. The molecular formula is C44H60N4O8S. The van der Waals surface area contributed by atoms with Gasteiger partial charge in [-0.05, 0) is 79.9 Å². The maximum atomic E-state index is 15.1. The quantitative estimate of drug-likeness (QED) is 0.282. The third-order valence-electron chi connectivity index (χ3n) is 12.9. The van der Waals surface area contributed by atoms with Crippen molar-refractivity contribution in [3.05, 3.63) is 36.5 Å². The first-order chi connectivity index (χ1) is 27.0. The molecule has 3 fully saturated rings. The van der Waals surface area contributed by atoms with E-state index < -0.39 is 44.7 Å². The van der Waals surface area contributed by atoms with E-state index in [4.69, 9.17) is 9.47 Å². The summed E-state index contributed by atoms with van der Waals surface area (Å²) in [5.41, 5.74) is -0.510. The van der Waals surface area contributed by atoms with Crippen LogP contribution >= 0.6 is 0 Å². The number of hydrogen-bond acceptors (Lipinski definition) is 10. The van der Waals surface area contributed by atoms with Gasteiger partial charge in [-0.1, -0.05) is 53.2 Å². The summed E-state index contributed by atoms with van der Waals surface area (Å²) in [5.74, 6) is -0.814. The fourth-order valence-corrected chi connectivity index (χ4v) is 10.8. The van der Waals surface area contributed by atoms with Gasteiger partial charge in [-0.3, -0.25) is 23.9 Å². The van der Waals surface area contributed by atoms with Crippen LogP contribution in [0, 0.1) is 34.5 Å². The maximum absolute atomic E-state index is 15.1. The minimum absolute atomic E-state index is 0.0205. The molecule has 0 spiro atoms. The second kappa shape index (κ2) is 16.0.